The van der Waals surface area contributed by atoms with Gasteiger partial charge in [0.15, 0.2) is 0 Å². The van der Waals surface area contributed by atoms with E-state index in [9.17, 15) is 4.79 Å². The fourth-order valence-electron chi connectivity index (χ4n) is 1.55. The van der Waals surface area contributed by atoms with E-state index in [1.165, 1.54) is 22.7 Å². The van der Waals surface area contributed by atoms with E-state index < -0.39 is 5.97 Å². The van der Waals surface area contributed by atoms with Crippen LogP contribution >= 0.6 is 22.7 Å². The molecule has 0 saturated heterocycles. The van der Waals surface area contributed by atoms with Gasteiger partial charge in [0.05, 0.1) is 16.1 Å². The third-order valence-electron chi connectivity index (χ3n) is 2.45. The van der Waals surface area contributed by atoms with Crippen molar-refractivity contribution in [1.29, 1.82) is 0 Å². The molecule has 2 heterocycles. The van der Waals surface area contributed by atoms with Crippen LogP contribution in [0, 0.1) is 0 Å². The van der Waals surface area contributed by atoms with Crippen molar-refractivity contribution in [3.63, 3.8) is 0 Å². The van der Waals surface area contributed by atoms with Crippen LogP contribution in [-0.4, -0.2) is 21.0 Å². The smallest absolute Gasteiger partial charge is 0.347 e. The number of nitrogens with zero attached hydrogens (tertiary/aromatic N) is 2. The van der Waals surface area contributed by atoms with Gasteiger partial charge in [0.25, 0.3) is 0 Å². The largest absolute Gasteiger partial charge is 0.477 e. The lowest BCUT2D eigenvalue weighted by atomic mass is 10.2. The highest BCUT2D eigenvalue weighted by Gasteiger charge is 2.32. The zero-order valence-corrected chi connectivity index (χ0v) is 9.85. The van der Waals surface area contributed by atoms with Crippen LogP contribution < -0.4 is 0 Å². The van der Waals surface area contributed by atoms with E-state index in [0.717, 1.165) is 28.4 Å². The maximum Gasteiger partial charge on any atom is 0.347 e. The molecule has 2 aromatic heterocycles. The van der Waals surface area contributed by atoms with Crippen molar-refractivity contribution in [3.05, 3.63) is 22.3 Å². The fourth-order valence-corrected chi connectivity index (χ4v) is 3.21. The second-order valence-electron chi connectivity index (χ2n) is 3.68. The Balaban J connectivity index is 2.08. The third kappa shape index (κ3) is 1.64. The molecule has 0 aliphatic heterocycles. The van der Waals surface area contributed by atoms with Crippen LogP contribution in [0.2, 0.25) is 0 Å². The molecular formula is C10H8N2O2S2. The summed E-state index contributed by atoms with van der Waals surface area (Å²) >= 11 is 2.74. The van der Waals surface area contributed by atoms with Gasteiger partial charge in [0, 0.05) is 12.1 Å². The van der Waals surface area contributed by atoms with Crippen LogP contribution in [0.3, 0.4) is 0 Å². The summed E-state index contributed by atoms with van der Waals surface area (Å²) in [6.07, 6.45) is 3.85. The Hall–Kier alpha value is -1.27. The van der Waals surface area contributed by atoms with E-state index in [4.69, 9.17) is 5.11 Å². The molecule has 2 aromatic rings. The zero-order valence-electron chi connectivity index (χ0n) is 8.21. The van der Waals surface area contributed by atoms with Gasteiger partial charge >= 0.3 is 5.97 Å². The number of aromatic carboxylic acids is 1. The minimum absolute atomic E-state index is 0.365. The van der Waals surface area contributed by atoms with Crippen molar-refractivity contribution >= 4 is 28.6 Å². The Kier molecular flexibility index (Phi) is 2.26. The van der Waals surface area contributed by atoms with Crippen molar-refractivity contribution in [3.8, 4) is 9.88 Å². The Morgan fingerprint density at radius 1 is 1.50 bits per heavy atom. The number of hydrogen-bond acceptors (Lipinski definition) is 5. The van der Waals surface area contributed by atoms with Crippen molar-refractivity contribution in [2.24, 2.45) is 0 Å². The summed E-state index contributed by atoms with van der Waals surface area (Å²) in [4.78, 5) is 20.9. The molecule has 0 unspecified atom stereocenters. The highest BCUT2D eigenvalue weighted by Crippen LogP contribution is 2.44. The molecule has 0 atom stereocenters. The van der Waals surface area contributed by atoms with E-state index in [-0.39, 0.29) is 0 Å². The molecule has 0 radical (unpaired) electrons. The average Bonchev–Trinajstić information content (AvgIpc) is 2.83. The Morgan fingerprint density at radius 2 is 2.31 bits per heavy atom. The molecule has 1 N–H and O–H groups in total. The van der Waals surface area contributed by atoms with E-state index in [2.05, 4.69) is 9.97 Å². The molecule has 6 heteroatoms. The van der Waals surface area contributed by atoms with Gasteiger partial charge in [-0.15, -0.1) is 22.7 Å². The maximum absolute atomic E-state index is 11.1. The van der Waals surface area contributed by atoms with E-state index in [1.807, 2.05) is 0 Å². The van der Waals surface area contributed by atoms with Gasteiger partial charge in [0.1, 0.15) is 9.88 Å². The lowest BCUT2D eigenvalue weighted by molar-refractivity contribution is 0.0700. The van der Waals surface area contributed by atoms with Crippen LogP contribution in [0.1, 0.15) is 34.1 Å². The van der Waals surface area contributed by atoms with Crippen LogP contribution in [0.15, 0.2) is 11.7 Å². The average molecular weight is 252 g/mol. The quantitative estimate of drug-likeness (QED) is 0.912. The Labute approximate surface area is 99.6 Å². The topological polar surface area (TPSA) is 63.1 Å². The maximum atomic E-state index is 11.1. The van der Waals surface area contributed by atoms with Gasteiger partial charge in [-0.3, -0.25) is 4.98 Å². The van der Waals surface area contributed by atoms with E-state index >= 15 is 0 Å². The predicted octanol–water partition coefficient (Wildman–Crippen LogP) is 2.84. The first-order chi connectivity index (χ1) is 7.75. The fraction of sp³-hybridized carbons (Fsp3) is 0.300. The monoisotopic (exact) mass is 252 g/mol. The summed E-state index contributed by atoms with van der Waals surface area (Å²) in [5, 5.41) is 9.89. The van der Waals surface area contributed by atoms with Crippen molar-refractivity contribution in [2.75, 3.05) is 0 Å². The molecular weight excluding hydrogens is 244 g/mol. The van der Waals surface area contributed by atoms with Gasteiger partial charge in [-0.05, 0) is 12.8 Å². The zero-order chi connectivity index (χ0) is 11.1. The standard InChI is InChI=1S/C10H8N2O2S2/c13-10(14)8-7(5-1-2-5)12-9(16-8)6-3-11-4-15-6/h3-5H,1-2H2,(H,13,14). The molecule has 82 valence electrons. The molecule has 0 bridgehead atoms. The Morgan fingerprint density at radius 3 is 2.88 bits per heavy atom. The summed E-state index contributed by atoms with van der Waals surface area (Å²) in [6, 6.07) is 0. The summed E-state index contributed by atoms with van der Waals surface area (Å²) in [5.74, 6) is -0.501. The summed E-state index contributed by atoms with van der Waals surface area (Å²) in [6.45, 7) is 0. The number of carboxylic acid groups (broad SMARTS) is 1. The van der Waals surface area contributed by atoms with Gasteiger partial charge in [-0.25, -0.2) is 9.78 Å². The summed E-state index contributed by atoms with van der Waals surface area (Å²) in [5.41, 5.74) is 2.49. The lowest BCUT2D eigenvalue weighted by Gasteiger charge is -1.91. The normalized spacial score (nSPS) is 15.2. The number of hydrogen-bond donors (Lipinski definition) is 1. The SMILES string of the molecule is O=C(O)c1sc(-c2cncs2)nc1C1CC1. The Bertz CT molecular complexity index is 529. The van der Waals surface area contributed by atoms with Crippen LogP contribution in [0.25, 0.3) is 9.88 Å². The third-order valence-corrected chi connectivity index (χ3v) is 4.46. The molecule has 1 aliphatic rings. The van der Waals surface area contributed by atoms with Crippen LogP contribution in [0.4, 0.5) is 0 Å². The minimum Gasteiger partial charge on any atom is -0.477 e. The number of aromatic nitrogens is 2. The molecule has 0 spiro atoms. The first kappa shape index (κ1) is 9.92. The highest BCUT2D eigenvalue weighted by molar-refractivity contribution is 7.21. The van der Waals surface area contributed by atoms with Crippen LogP contribution in [-0.2, 0) is 0 Å². The minimum atomic E-state index is -0.866. The molecule has 1 fully saturated rings. The second-order valence-corrected chi connectivity index (χ2v) is 5.56. The molecule has 0 aromatic carbocycles. The highest BCUT2D eigenvalue weighted by atomic mass is 32.1. The molecule has 4 nitrogen and oxygen atoms in total. The van der Waals surface area contributed by atoms with E-state index in [0.29, 0.717) is 10.8 Å². The first-order valence-corrected chi connectivity index (χ1v) is 6.58. The van der Waals surface area contributed by atoms with Crippen LogP contribution in [0.5, 0.6) is 0 Å². The molecule has 0 amide bonds. The van der Waals surface area contributed by atoms with Crippen molar-refractivity contribution in [1.82, 2.24) is 9.97 Å². The number of rotatable bonds is 3. The van der Waals surface area contributed by atoms with Gasteiger partial charge in [0.2, 0.25) is 0 Å². The van der Waals surface area contributed by atoms with Crippen molar-refractivity contribution < 1.29 is 9.90 Å². The molecule has 3 rings (SSSR count). The second kappa shape index (κ2) is 3.64. The van der Waals surface area contributed by atoms with E-state index in [1.54, 1.807) is 11.7 Å². The summed E-state index contributed by atoms with van der Waals surface area (Å²) in [7, 11) is 0. The van der Waals surface area contributed by atoms with Gasteiger partial charge in [-0.1, -0.05) is 0 Å². The number of carboxylic acids is 1. The van der Waals surface area contributed by atoms with Crippen molar-refractivity contribution in [2.45, 2.75) is 18.8 Å². The molecule has 16 heavy (non-hydrogen) atoms. The lowest BCUT2D eigenvalue weighted by Crippen LogP contribution is -1.97. The molecule has 1 aliphatic carbocycles. The van der Waals surface area contributed by atoms with Gasteiger partial charge in [-0.2, -0.15) is 0 Å². The number of carbonyl (C=O) groups is 1. The summed E-state index contributed by atoms with van der Waals surface area (Å²) < 4.78 is 0. The first-order valence-electron chi connectivity index (χ1n) is 4.88. The molecule has 1 saturated carbocycles. The number of thiazole rings is 2. The predicted molar refractivity (Wildman–Crippen MR) is 62.2 cm³/mol. The van der Waals surface area contributed by atoms with Gasteiger partial charge < -0.3 is 5.11 Å².